The first kappa shape index (κ1) is 15.2. The molecule has 4 nitrogen and oxygen atoms in total. The Morgan fingerprint density at radius 3 is 2.14 bits per heavy atom. The smallest absolute Gasteiger partial charge is 0.229 e. The average molecular weight is 340 g/mol. The van der Waals surface area contributed by atoms with Crippen LogP contribution >= 0.6 is 0 Å². The lowest BCUT2D eigenvalue weighted by atomic mass is 9.61. The summed E-state index contributed by atoms with van der Waals surface area (Å²) in [6.07, 6.45) is 5.32. The summed E-state index contributed by atoms with van der Waals surface area (Å²) >= 11 is 0. The Morgan fingerprint density at radius 1 is 0.909 bits per heavy atom. The first-order valence-electron chi connectivity index (χ1n) is 7.89. The average Bonchev–Trinajstić information content (AvgIpc) is 2.86. The van der Waals surface area contributed by atoms with Gasteiger partial charge in [-0.15, -0.1) is 0 Å². The van der Waals surface area contributed by atoms with E-state index in [-0.39, 0.29) is 18.8 Å². The quantitative estimate of drug-likeness (QED) is 0.688. The fourth-order valence-corrected chi connectivity index (χ4v) is 7.40. The second-order valence-electron chi connectivity index (χ2n) is 7.22. The Balaban J connectivity index is 1.76. The van der Waals surface area contributed by atoms with Gasteiger partial charge >= 0.3 is 5.51 Å². The number of alkyl halides is 3. The summed E-state index contributed by atoms with van der Waals surface area (Å²) in [5.41, 5.74) is -7.08. The molecular formula is C14H19F3O4S. The van der Waals surface area contributed by atoms with Crippen LogP contribution in [0, 0.1) is 5.92 Å². The third-order valence-electron chi connectivity index (χ3n) is 6.58. The van der Waals surface area contributed by atoms with Crippen molar-refractivity contribution in [3.8, 4) is 0 Å². The van der Waals surface area contributed by atoms with Crippen LogP contribution in [-0.4, -0.2) is 29.9 Å². The predicted molar refractivity (Wildman–Crippen MR) is 70.4 cm³/mol. The predicted octanol–water partition coefficient (Wildman–Crippen LogP) is 3.27. The van der Waals surface area contributed by atoms with Gasteiger partial charge in [-0.3, -0.25) is 0 Å². The zero-order valence-electron chi connectivity index (χ0n) is 12.1. The van der Waals surface area contributed by atoms with Gasteiger partial charge < -0.3 is 0 Å². The molecule has 0 aromatic carbocycles. The van der Waals surface area contributed by atoms with Crippen LogP contribution in [0.15, 0.2) is 0 Å². The van der Waals surface area contributed by atoms with Crippen LogP contribution in [0.3, 0.4) is 0 Å². The van der Waals surface area contributed by atoms with Gasteiger partial charge in [0.25, 0.3) is 9.84 Å². The maximum Gasteiger partial charge on any atom is 0.498 e. The van der Waals surface area contributed by atoms with Crippen molar-refractivity contribution in [3.05, 3.63) is 0 Å². The number of rotatable bonds is 1. The molecule has 1 heterocycles. The monoisotopic (exact) mass is 340 g/mol. The minimum atomic E-state index is -5.26. The molecule has 4 rings (SSSR count). The molecule has 0 radical (unpaired) electrons. The van der Waals surface area contributed by atoms with E-state index in [4.69, 9.17) is 9.78 Å². The minimum absolute atomic E-state index is 0.0186. The molecule has 0 bridgehead atoms. The van der Waals surface area contributed by atoms with Gasteiger partial charge in [0, 0.05) is 5.92 Å². The molecule has 3 saturated carbocycles. The highest BCUT2D eigenvalue weighted by molar-refractivity contribution is 7.93. The molecule has 1 saturated heterocycles. The number of sulfone groups is 1. The molecule has 0 N–H and O–H groups in total. The van der Waals surface area contributed by atoms with Crippen LogP contribution in [0.5, 0.6) is 0 Å². The van der Waals surface area contributed by atoms with E-state index in [1.54, 1.807) is 0 Å². The Bertz CT molecular complexity index is 596. The Labute approximate surface area is 127 Å². The molecule has 0 amide bonds. The van der Waals surface area contributed by atoms with Crippen LogP contribution < -0.4 is 0 Å². The van der Waals surface area contributed by atoms with Gasteiger partial charge in [-0.1, -0.05) is 19.3 Å². The molecule has 0 aromatic heterocycles. The highest BCUT2D eigenvalue weighted by atomic mass is 32.2. The molecule has 1 aliphatic heterocycles. The van der Waals surface area contributed by atoms with Gasteiger partial charge in [0.1, 0.15) is 15.9 Å². The second kappa shape index (κ2) is 4.19. The summed E-state index contributed by atoms with van der Waals surface area (Å²) in [4.78, 5) is 11.0. The minimum Gasteiger partial charge on any atom is -0.229 e. The van der Waals surface area contributed by atoms with Crippen molar-refractivity contribution < 1.29 is 31.4 Å². The highest BCUT2D eigenvalue weighted by Crippen LogP contribution is 2.71. The summed E-state index contributed by atoms with van der Waals surface area (Å²) in [6.45, 7) is 0. The molecule has 22 heavy (non-hydrogen) atoms. The van der Waals surface area contributed by atoms with Crippen molar-refractivity contribution >= 4 is 9.84 Å². The van der Waals surface area contributed by atoms with Gasteiger partial charge in [0.15, 0.2) is 0 Å². The van der Waals surface area contributed by atoms with Crippen molar-refractivity contribution in [2.45, 2.75) is 79.2 Å². The number of hydrogen-bond acceptors (Lipinski definition) is 4. The first-order valence-corrected chi connectivity index (χ1v) is 9.37. The van der Waals surface area contributed by atoms with Crippen molar-refractivity contribution in [1.82, 2.24) is 0 Å². The molecule has 3 atom stereocenters. The van der Waals surface area contributed by atoms with E-state index in [2.05, 4.69) is 0 Å². The Morgan fingerprint density at radius 2 is 1.59 bits per heavy atom. The van der Waals surface area contributed by atoms with Crippen molar-refractivity contribution in [2.75, 3.05) is 0 Å². The number of fused-ring (bicyclic) bond motifs is 1. The zero-order chi connectivity index (χ0) is 15.9. The molecule has 2 spiro atoms. The maximum atomic E-state index is 13.1. The van der Waals surface area contributed by atoms with E-state index in [1.165, 1.54) is 0 Å². The molecular weight excluding hydrogens is 321 g/mol. The number of halogens is 3. The highest BCUT2D eigenvalue weighted by Gasteiger charge is 2.83. The standard InChI is InChI=1S/C14H19F3O4S/c15-14(16,17)22(18,19)12-7-4-10-11(5-2-1-3-6-11)20-21-13(10,12)9-8-12/h10H,1-9H2/t10-,12-,13+/m0/s1. The van der Waals surface area contributed by atoms with Crippen LogP contribution in [0.4, 0.5) is 13.2 Å². The van der Waals surface area contributed by atoms with Gasteiger partial charge in [-0.05, 0) is 38.5 Å². The molecule has 0 unspecified atom stereocenters. The zero-order valence-corrected chi connectivity index (χ0v) is 12.9. The van der Waals surface area contributed by atoms with Crippen molar-refractivity contribution in [3.63, 3.8) is 0 Å². The SMILES string of the molecule is O=S(=O)(C(F)(F)F)[C@]12CC[C@H]3C4(CCCCC4)OO[C@]31CC2. The van der Waals surface area contributed by atoms with Crippen molar-refractivity contribution in [2.24, 2.45) is 5.92 Å². The van der Waals surface area contributed by atoms with Crippen LogP contribution in [0.1, 0.15) is 57.8 Å². The van der Waals surface area contributed by atoms with E-state index in [0.717, 1.165) is 32.1 Å². The van der Waals surface area contributed by atoms with Crippen molar-refractivity contribution in [1.29, 1.82) is 0 Å². The molecule has 126 valence electrons. The number of hydrogen-bond donors (Lipinski definition) is 0. The molecule has 8 heteroatoms. The summed E-state index contributed by atoms with van der Waals surface area (Å²) in [5.74, 6) is -0.230. The molecule has 3 aliphatic carbocycles. The van der Waals surface area contributed by atoms with E-state index < -0.39 is 31.3 Å². The van der Waals surface area contributed by atoms with Gasteiger partial charge in [0.05, 0.1) is 0 Å². The van der Waals surface area contributed by atoms with Gasteiger partial charge in [-0.25, -0.2) is 18.2 Å². The fourth-order valence-electron chi connectivity index (χ4n) is 5.47. The van der Waals surface area contributed by atoms with E-state index in [9.17, 15) is 21.6 Å². The van der Waals surface area contributed by atoms with E-state index >= 15 is 0 Å². The summed E-state index contributed by atoms with van der Waals surface area (Å²) in [7, 11) is -5.26. The Hall–Kier alpha value is -0.340. The largest absolute Gasteiger partial charge is 0.498 e. The summed E-state index contributed by atoms with van der Waals surface area (Å²) < 4.78 is 62.0. The van der Waals surface area contributed by atoms with Gasteiger partial charge in [-0.2, -0.15) is 13.2 Å². The second-order valence-corrected chi connectivity index (χ2v) is 9.47. The summed E-state index contributed by atoms with van der Waals surface area (Å²) in [5, 5.41) is 0. The van der Waals surface area contributed by atoms with Crippen LogP contribution in [0.25, 0.3) is 0 Å². The lowest BCUT2D eigenvalue weighted by Crippen LogP contribution is -2.68. The topological polar surface area (TPSA) is 52.6 Å². The van der Waals surface area contributed by atoms with Crippen LogP contribution in [0.2, 0.25) is 0 Å². The lowest BCUT2D eigenvalue weighted by Gasteiger charge is -2.52. The molecule has 4 aliphatic rings. The summed E-state index contributed by atoms with van der Waals surface area (Å²) in [6, 6.07) is 0. The fraction of sp³-hybridized carbons (Fsp3) is 1.00. The first-order chi connectivity index (χ1) is 10.2. The molecule has 0 aromatic rings. The van der Waals surface area contributed by atoms with Crippen LogP contribution in [-0.2, 0) is 19.6 Å². The third-order valence-corrected chi connectivity index (χ3v) is 8.97. The third kappa shape index (κ3) is 1.45. The van der Waals surface area contributed by atoms with Gasteiger partial charge in [0.2, 0.25) is 0 Å². The molecule has 4 fully saturated rings. The van der Waals surface area contributed by atoms with E-state index in [1.807, 2.05) is 0 Å². The van der Waals surface area contributed by atoms with E-state index in [0.29, 0.717) is 12.8 Å². The maximum absolute atomic E-state index is 13.1. The normalized spacial score (nSPS) is 43.7. The lowest BCUT2D eigenvalue weighted by molar-refractivity contribution is -0.372. The Kier molecular flexibility index (Phi) is 2.89.